The number of hydrogen-bond acceptors (Lipinski definition) is 3. The lowest BCUT2D eigenvalue weighted by Crippen LogP contribution is -2.47. The van der Waals surface area contributed by atoms with E-state index < -0.39 is 24.6 Å². The van der Waals surface area contributed by atoms with Crippen molar-refractivity contribution in [3.8, 4) is 6.07 Å². The standard InChI is InChI=1S/C21H15F2N3O2/c22-10-12-2-1-3-14(8-12)26-17-6-7-18(27)19(17)20(25-21(26)28)15-5-4-13(11-24)9-16(15)23/h1-5,8-9,20H,6-7,10H2,(H,25,28). The summed E-state index contributed by atoms with van der Waals surface area (Å²) in [6.07, 6.45) is 0.559. The minimum atomic E-state index is -0.925. The van der Waals surface area contributed by atoms with Crippen LogP contribution in [0.2, 0.25) is 0 Å². The molecule has 140 valence electrons. The number of nitrogens with zero attached hydrogens (tertiary/aromatic N) is 2. The van der Waals surface area contributed by atoms with E-state index in [0.717, 1.165) is 6.07 Å². The van der Waals surface area contributed by atoms with Crippen LogP contribution >= 0.6 is 0 Å². The molecule has 0 saturated carbocycles. The van der Waals surface area contributed by atoms with E-state index in [4.69, 9.17) is 5.26 Å². The summed E-state index contributed by atoms with van der Waals surface area (Å²) in [5.74, 6) is -0.834. The zero-order chi connectivity index (χ0) is 19.8. The summed E-state index contributed by atoms with van der Waals surface area (Å²) in [5, 5.41) is 11.6. The van der Waals surface area contributed by atoms with Crippen molar-refractivity contribution in [1.82, 2.24) is 5.32 Å². The van der Waals surface area contributed by atoms with Crippen molar-refractivity contribution in [3.63, 3.8) is 0 Å². The first-order valence-electron chi connectivity index (χ1n) is 8.75. The smallest absolute Gasteiger partial charge is 0.326 e. The summed E-state index contributed by atoms with van der Waals surface area (Å²) in [7, 11) is 0. The second-order valence-electron chi connectivity index (χ2n) is 6.65. The Kier molecular flexibility index (Phi) is 4.40. The number of amides is 2. The minimum absolute atomic E-state index is 0.132. The number of anilines is 1. The number of carbonyl (C=O) groups is 2. The van der Waals surface area contributed by atoms with Gasteiger partial charge in [-0.15, -0.1) is 0 Å². The Morgan fingerprint density at radius 3 is 2.71 bits per heavy atom. The van der Waals surface area contributed by atoms with Crippen LogP contribution in [0.15, 0.2) is 53.7 Å². The zero-order valence-corrected chi connectivity index (χ0v) is 14.7. The molecule has 1 heterocycles. The summed E-state index contributed by atoms with van der Waals surface area (Å²) in [6, 6.07) is 10.8. The van der Waals surface area contributed by atoms with Gasteiger partial charge in [-0.3, -0.25) is 9.69 Å². The first kappa shape index (κ1) is 17.9. The lowest BCUT2D eigenvalue weighted by atomic mass is 9.93. The van der Waals surface area contributed by atoms with Gasteiger partial charge < -0.3 is 5.32 Å². The number of rotatable bonds is 3. The average molecular weight is 379 g/mol. The molecule has 0 radical (unpaired) electrons. The van der Waals surface area contributed by atoms with Gasteiger partial charge in [0.2, 0.25) is 0 Å². The van der Waals surface area contributed by atoms with Crippen LogP contribution in [0.3, 0.4) is 0 Å². The Morgan fingerprint density at radius 2 is 2.00 bits per heavy atom. The molecule has 0 bridgehead atoms. The molecular formula is C21H15F2N3O2. The lowest BCUT2D eigenvalue weighted by Gasteiger charge is -2.34. The molecule has 4 rings (SSSR count). The van der Waals surface area contributed by atoms with Crippen molar-refractivity contribution in [2.24, 2.45) is 0 Å². The van der Waals surface area contributed by atoms with Gasteiger partial charge in [0.25, 0.3) is 0 Å². The Morgan fingerprint density at radius 1 is 1.18 bits per heavy atom. The monoisotopic (exact) mass is 379 g/mol. The molecule has 1 aliphatic heterocycles. The molecule has 0 saturated heterocycles. The molecular weight excluding hydrogens is 364 g/mol. The molecule has 0 fully saturated rings. The van der Waals surface area contributed by atoms with Gasteiger partial charge in [0.15, 0.2) is 5.78 Å². The number of hydrogen-bond donors (Lipinski definition) is 1. The van der Waals surface area contributed by atoms with E-state index >= 15 is 0 Å². The number of alkyl halides is 1. The number of carbonyl (C=O) groups excluding carboxylic acids is 2. The number of nitriles is 1. The SMILES string of the molecule is N#Cc1ccc(C2NC(=O)N(c3cccc(CF)c3)C3=C2C(=O)CC3)c(F)c1. The Hall–Kier alpha value is -3.53. The maximum absolute atomic E-state index is 14.6. The van der Waals surface area contributed by atoms with Crippen LogP contribution in [0.4, 0.5) is 19.3 Å². The van der Waals surface area contributed by atoms with Crippen LogP contribution in [0.5, 0.6) is 0 Å². The number of benzene rings is 2. The molecule has 5 nitrogen and oxygen atoms in total. The fourth-order valence-electron chi connectivity index (χ4n) is 3.72. The van der Waals surface area contributed by atoms with Crippen molar-refractivity contribution in [1.29, 1.82) is 5.26 Å². The molecule has 2 aromatic carbocycles. The van der Waals surface area contributed by atoms with Crippen molar-refractivity contribution in [2.45, 2.75) is 25.6 Å². The van der Waals surface area contributed by atoms with E-state index in [9.17, 15) is 18.4 Å². The van der Waals surface area contributed by atoms with E-state index in [1.54, 1.807) is 24.3 Å². The summed E-state index contributed by atoms with van der Waals surface area (Å²) in [5.41, 5.74) is 1.98. The molecule has 2 aromatic rings. The van der Waals surface area contributed by atoms with E-state index in [2.05, 4.69) is 5.32 Å². The van der Waals surface area contributed by atoms with Crippen molar-refractivity contribution in [2.75, 3.05) is 4.90 Å². The highest BCUT2D eigenvalue weighted by molar-refractivity contribution is 6.08. The fraction of sp³-hybridized carbons (Fsp3) is 0.190. The summed E-state index contributed by atoms with van der Waals surface area (Å²) < 4.78 is 27.6. The largest absolute Gasteiger partial charge is 0.327 e. The molecule has 1 unspecified atom stereocenters. The highest BCUT2D eigenvalue weighted by atomic mass is 19.1. The Labute approximate surface area is 159 Å². The topological polar surface area (TPSA) is 73.2 Å². The van der Waals surface area contributed by atoms with Crippen LogP contribution in [0.25, 0.3) is 0 Å². The number of Topliss-reactive ketones (excluding diaryl/α,β-unsaturated/α-hetero) is 1. The number of allylic oxidation sites excluding steroid dienone is 1. The van der Waals surface area contributed by atoms with Gasteiger partial charge in [-0.2, -0.15) is 5.26 Å². The summed E-state index contributed by atoms with van der Waals surface area (Å²) >= 11 is 0. The van der Waals surface area contributed by atoms with Gasteiger partial charge in [-0.1, -0.05) is 18.2 Å². The molecule has 28 heavy (non-hydrogen) atoms. The number of urea groups is 1. The number of halogens is 2. The van der Waals surface area contributed by atoms with Gasteiger partial charge in [-0.05, 0) is 36.2 Å². The van der Waals surface area contributed by atoms with Gasteiger partial charge in [0.05, 0.1) is 23.4 Å². The van der Waals surface area contributed by atoms with Crippen molar-refractivity contribution < 1.29 is 18.4 Å². The second kappa shape index (κ2) is 6.89. The predicted molar refractivity (Wildman–Crippen MR) is 97.4 cm³/mol. The third-order valence-corrected chi connectivity index (χ3v) is 4.99. The molecule has 2 amide bonds. The minimum Gasteiger partial charge on any atom is -0.326 e. The van der Waals surface area contributed by atoms with Crippen LogP contribution in [0, 0.1) is 17.1 Å². The van der Waals surface area contributed by atoms with Crippen LogP contribution in [-0.2, 0) is 11.5 Å². The maximum atomic E-state index is 14.6. The van der Waals surface area contributed by atoms with Crippen LogP contribution in [0.1, 0.15) is 35.6 Å². The number of nitrogens with one attached hydrogen (secondary N) is 1. The average Bonchev–Trinajstić information content (AvgIpc) is 3.08. The van der Waals surface area contributed by atoms with Gasteiger partial charge in [0, 0.05) is 23.3 Å². The summed E-state index contributed by atoms with van der Waals surface area (Å²) in [4.78, 5) is 26.8. The van der Waals surface area contributed by atoms with Crippen molar-refractivity contribution in [3.05, 3.63) is 76.2 Å². The predicted octanol–water partition coefficient (Wildman–Crippen LogP) is 4.05. The van der Waals surface area contributed by atoms with Crippen LogP contribution in [-0.4, -0.2) is 11.8 Å². The normalized spacial score (nSPS) is 18.8. The van der Waals surface area contributed by atoms with Gasteiger partial charge in [0.1, 0.15) is 12.5 Å². The zero-order valence-electron chi connectivity index (χ0n) is 14.7. The first-order chi connectivity index (χ1) is 13.5. The highest BCUT2D eigenvalue weighted by Gasteiger charge is 2.41. The fourth-order valence-corrected chi connectivity index (χ4v) is 3.72. The molecule has 1 aliphatic carbocycles. The number of ketones is 1. The molecule has 0 aromatic heterocycles. The second-order valence-corrected chi connectivity index (χ2v) is 6.65. The third-order valence-electron chi connectivity index (χ3n) is 4.99. The summed E-state index contributed by atoms with van der Waals surface area (Å²) in [6.45, 7) is -0.673. The van der Waals surface area contributed by atoms with Crippen LogP contribution < -0.4 is 10.2 Å². The molecule has 0 spiro atoms. The van der Waals surface area contributed by atoms with E-state index in [1.165, 1.54) is 17.0 Å². The maximum Gasteiger partial charge on any atom is 0.327 e. The third kappa shape index (κ3) is 2.83. The lowest BCUT2D eigenvalue weighted by molar-refractivity contribution is -0.115. The highest BCUT2D eigenvalue weighted by Crippen LogP contribution is 2.41. The molecule has 1 N–H and O–H groups in total. The van der Waals surface area contributed by atoms with E-state index in [-0.39, 0.29) is 23.3 Å². The quantitative estimate of drug-likeness (QED) is 0.874. The molecule has 1 atom stereocenters. The Balaban J connectivity index is 1.83. The first-order valence-corrected chi connectivity index (χ1v) is 8.75. The molecule has 2 aliphatic rings. The van der Waals surface area contributed by atoms with E-state index in [0.29, 0.717) is 28.9 Å². The van der Waals surface area contributed by atoms with Gasteiger partial charge >= 0.3 is 6.03 Å². The van der Waals surface area contributed by atoms with Gasteiger partial charge in [-0.25, -0.2) is 13.6 Å². The van der Waals surface area contributed by atoms with Crippen molar-refractivity contribution >= 4 is 17.5 Å². The Bertz CT molecular complexity index is 1070. The van der Waals surface area contributed by atoms with E-state index in [1.807, 2.05) is 6.07 Å². The molecule has 7 heteroatoms.